The summed E-state index contributed by atoms with van der Waals surface area (Å²) in [7, 11) is 1.34. The van der Waals surface area contributed by atoms with Crippen LogP contribution < -0.4 is 0 Å². The lowest BCUT2D eigenvalue weighted by molar-refractivity contribution is 0.0595. The zero-order valence-electron chi connectivity index (χ0n) is 9.78. The minimum absolute atomic E-state index is 0.205. The number of nitrogens with zero attached hydrogens (tertiary/aromatic N) is 1. The number of nitrogens with one attached hydrogen (secondary N) is 1. The number of aromatic amines is 1. The summed E-state index contributed by atoms with van der Waals surface area (Å²) in [6.45, 7) is 0. The van der Waals surface area contributed by atoms with E-state index in [-0.39, 0.29) is 6.42 Å². The van der Waals surface area contributed by atoms with E-state index in [2.05, 4.69) is 21.6 Å². The van der Waals surface area contributed by atoms with Gasteiger partial charge in [-0.3, -0.25) is 0 Å². The van der Waals surface area contributed by atoms with Crippen molar-refractivity contribution in [2.75, 3.05) is 7.11 Å². The Labute approximate surface area is 104 Å². The average molecular weight is 238 g/mol. The number of esters is 1. The van der Waals surface area contributed by atoms with Crippen LogP contribution in [0, 0.1) is 23.2 Å². The van der Waals surface area contributed by atoms with Gasteiger partial charge < -0.3 is 9.72 Å². The van der Waals surface area contributed by atoms with Crippen molar-refractivity contribution in [3.63, 3.8) is 0 Å². The predicted octanol–water partition coefficient (Wildman–Crippen LogP) is 2.22. The Hall–Kier alpha value is -2.72. The molecule has 88 valence electrons. The molecule has 4 nitrogen and oxygen atoms in total. The van der Waals surface area contributed by atoms with Crippen LogP contribution in [0.15, 0.2) is 24.3 Å². The topological polar surface area (TPSA) is 65.9 Å². The Morgan fingerprint density at radius 3 is 3.00 bits per heavy atom. The number of H-pyrrole nitrogens is 1. The van der Waals surface area contributed by atoms with E-state index in [1.807, 2.05) is 24.3 Å². The first-order chi connectivity index (χ1) is 8.74. The second-order valence-corrected chi connectivity index (χ2v) is 3.61. The molecule has 0 radical (unpaired) electrons. The quantitative estimate of drug-likeness (QED) is 0.612. The molecule has 0 aliphatic rings. The number of hydrogen-bond acceptors (Lipinski definition) is 3. The number of ether oxygens (including phenoxy) is 1. The Morgan fingerprint density at radius 2 is 2.28 bits per heavy atom. The molecule has 2 aromatic rings. The Morgan fingerprint density at radius 1 is 1.44 bits per heavy atom. The van der Waals surface area contributed by atoms with Crippen molar-refractivity contribution in [3.8, 4) is 17.9 Å². The summed E-state index contributed by atoms with van der Waals surface area (Å²) in [5.74, 6) is 5.22. The fourth-order valence-electron chi connectivity index (χ4n) is 1.61. The third-order valence-corrected chi connectivity index (χ3v) is 2.43. The third-order valence-electron chi connectivity index (χ3n) is 2.43. The number of rotatable bonds is 1. The van der Waals surface area contributed by atoms with Crippen molar-refractivity contribution in [1.29, 1.82) is 5.26 Å². The molecule has 18 heavy (non-hydrogen) atoms. The van der Waals surface area contributed by atoms with Crippen LogP contribution in [0.2, 0.25) is 0 Å². The fourth-order valence-corrected chi connectivity index (χ4v) is 1.61. The maximum absolute atomic E-state index is 11.4. The predicted molar refractivity (Wildman–Crippen MR) is 66.7 cm³/mol. The molecule has 1 heterocycles. The van der Waals surface area contributed by atoms with Crippen LogP contribution in [-0.2, 0) is 4.74 Å². The summed E-state index contributed by atoms with van der Waals surface area (Å²) in [5, 5.41) is 9.32. The van der Waals surface area contributed by atoms with Crippen LogP contribution in [0.4, 0.5) is 0 Å². The van der Waals surface area contributed by atoms with Crippen molar-refractivity contribution in [1.82, 2.24) is 4.98 Å². The van der Waals surface area contributed by atoms with E-state index in [0.29, 0.717) is 5.69 Å². The van der Waals surface area contributed by atoms with Gasteiger partial charge in [0.05, 0.1) is 19.6 Å². The van der Waals surface area contributed by atoms with E-state index < -0.39 is 5.97 Å². The summed E-state index contributed by atoms with van der Waals surface area (Å²) in [6.07, 6.45) is 0.205. The van der Waals surface area contributed by atoms with E-state index in [1.54, 1.807) is 6.07 Å². The van der Waals surface area contributed by atoms with Gasteiger partial charge in [-0.25, -0.2) is 4.79 Å². The summed E-state index contributed by atoms with van der Waals surface area (Å²) in [4.78, 5) is 14.3. The highest BCUT2D eigenvalue weighted by Gasteiger charge is 2.08. The van der Waals surface area contributed by atoms with Gasteiger partial charge in [-0.15, -0.1) is 0 Å². The number of fused-ring (bicyclic) bond motifs is 1. The van der Waals surface area contributed by atoms with Crippen molar-refractivity contribution >= 4 is 16.9 Å². The largest absolute Gasteiger partial charge is 0.464 e. The lowest BCUT2D eigenvalue weighted by Gasteiger charge is -1.92. The third kappa shape index (κ3) is 2.34. The zero-order valence-corrected chi connectivity index (χ0v) is 9.78. The molecule has 1 aromatic carbocycles. The summed E-state index contributed by atoms with van der Waals surface area (Å²) in [6, 6.07) is 9.25. The SMILES string of the molecule is COC(=O)c1cc2ccc(C#CCC#N)cc2[nH]1. The molecular weight excluding hydrogens is 228 g/mol. The number of methoxy groups -OCH3 is 1. The molecule has 0 aliphatic carbocycles. The number of hydrogen-bond donors (Lipinski definition) is 1. The van der Waals surface area contributed by atoms with Crippen LogP contribution in [0.25, 0.3) is 10.9 Å². The molecule has 0 aliphatic heterocycles. The van der Waals surface area contributed by atoms with E-state index in [0.717, 1.165) is 16.5 Å². The molecule has 4 heteroatoms. The standard InChI is InChI=1S/C14H10N2O2/c1-18-14(17)13-9-11-6-5-10(4-2-3-7-15)8-12(11)16-13/h5-6,8-9,16H,3H2,1H3. The maximum Gasteiger partial charge on any atom is 0.354 e. The molecule has 1 aromatic heterocycles. The van der Waals surface area contributed by atoms with Gasteiger partial charge in [0.25, 0.3) is 0 Å². The normalized spacial score (nSPS) is 9.33. The summed E-state index contributed by atoms with van der Waals surface area (Å²) < 4.78 is 4.64. The Bertz CT molecular complexity index is 696. The van der Waals surface area contributed by atoms with Crippen LogP contribution in [0.5, 0.6) is 0 Å². The number of aromatic nitrogens is 1. The number of nitriles is 1. The highest BCUT2D eigenvalue weighted by molar-refractivity contribution is 5.95. The van der Waals surface area contributed by atoms with E-state index in [9.17, 15) is 4.79 Å². The molecule has 0 unspecified atom stereocenters. The van der Waals surface area contributed by atoms with E-state index in [4.69, 9.17) is 5.26 Å². The molecular formula is C14H10N2O2. The average Bonchev–Trinajstić information content (AvgIpc) is 2.81. The second-order valence-electron chi connectivity index (χ2n) is 3.61. The van der Waals surface area contributed by atoms with Gasteiger partial charge in [0.2, 0.25) is 0 Å². The number of benzene rings is 1. The molecule has 0 fully saturated rings. The van der Waals surface area contributed by atoms with Gasteiger partial charge in [0.1, 0.15) is 5.69 Å². The lowest BCUT2D eigenvalue weighted by Crippen LogP contribution is -2.00. The first kappa shape index (κ1) is 11.8. The minimum Gasteiger partial charge on any atom is -0.464 e. The second kappa shape index (κ2) is 5.07. The Kier molecular flexibility index (Phi) is 3.31. The van der Waals surface area contributed by atoms with Crippen molar-refractivity contribution < 1.29 is 9.53 Å². The van der Waals surface area contributed by atoms with E-state index in [1.165, 1.54) is 7.11 Å². The first-order valence-corrected chi connectivity index (χ1v) is 5.31. The van der Waals surface area contributed by atoms with Gasteiger partial charge in [-0.2, -0.15) is 5.26 Å². The van der Waals surface area contributed by atoms with Crippen molar-refractivity contribution in [3.05, 3.63) is 35.5 Å². The molecule has 0 spiro atoms. The highest BCUT2D eigenvalue weighted by Crippen LogP contribution is 2.17. The molecule has 0 saturated heterocycles. The highest BCUT2D eigenvalue weighted by atomic mass is 16.5. The van der Waals surface area contributed by atoms with Crippen LogP contribution in [-0.4, -0.2) is 18.1 Å². The molecule has 0 bridgehead atoms. The monoisotopic (exact) mass is 238 g/mol. The summed E-state index contributed by atoms with van der Waals surface area (Å²) >= 11 is 0. The zero-order chi connectivity index (χ0) is 13.0. The van der Waals surface area contributed by atoms with Gasteiger partial charge in [-0.1, -0.05) is 17.9 Å². The van der Waals surface area contributed by atoms with Crippen LogP contribution >= 0.6 is 0 Å². The fraction of sp³-hybridized carbons (Fsp3) is 0.143. The van der Waals surface area contributed by atoms with Gasteiger partial charge >= 0.3 is 5.97 Å². The molecule has 0 atom stereocenters. The van der Waals surface area contributed by atoms with Crippen LogP contribution in [0.1, 0.15) is 22.5 Å². The van der Waals surface area contributed by atoms with Gasteiger partial charge in [0, 0.05) is 16.5 Å². The van der Waals surface area contributed by atoms with Gasteiger partial charge in [0.15, 0.2) is 0 Å². The van der Waals surface area contributed by atoms with Gasteiger partial charge in [-0.05, 0) is 18.2 Å². The number of carbonyl (C=O) groups is 1. The lowest BCUT2D eigenvalue weighted by atomic mass is 10.1. The van der Waals surface area contributed by atoms with Crippen LogP contribution in [0.3, 0.4) is 0 Å². The molecule has 2 rings (SSSR count). The minimum atomic E-state index is -0.400. The van der Waals surface area contributed by atoms with E-state index >= 15 is 0 Å². The van der Waals surface area contributed by atoms with Crippen molar-refractivity contribution in [2.24, 2.45) is 0 Å². The Balaban J connectivity index is 2.38. The molecule has 0 saturated carbocycles. The first-order valence-electron chi connectivity index (χ1n) is 5.31. The maximum atomic E-state index is 11.4. The number of carbonyl (C=O) groups excluding carboxylic acids is 1. The van der Waals surface area contributed by atoms with Crippen molar-refractivity contribution in [2.45, 2.75) is 6.42 Å². The molecule has 1 N–H and O–H groups in total. The molecule has 0 amide bonds. The smallest absolute Gasteiger partial charge is 0.354 e. The summed E-state index contributed by atoms with van der Waals surface area (Å²) in [5.41, 5.74) is 2.03.